The van der Waals surface area contributed by atoms with Gasteiger partial charge in [0.25, 0.3) is 0 Å². The summed E-state index contributed by atoms with van der Waals surface area (Å²) in [5.41, 5.74) is 0.400. The van der Waals surface area contributed by atoms with Gasteiger partial charge in [0.1, 0.15) is 6.54 Å². The highest BCUT2D eigenvalue weighted by atomic mass is 19.4. The normalized spacial score (nSPS) is 20.4. The second-order valence-electron chi connectivity index (χ2n) is 8.17. The minimum atomic E-state index is -4.63. The van der Waals surface area contributed by atoms with E-state index in [4.69, 9.17) is 4.74 Å². The topological polar surface area (TPSA) is 59.4 Å². The van der Waals surface area contributed by atoms with Crippen molar-refractivity contribution in [3.05, 3.63) is 30.1 Å². The molecule has 1 aliphatic carbocycles. The van der Waals surface area contributed by atoms with Gasteiger partial charge in [0.15, 0.2) is 0 Å². The predicted molar refractivity (Wildman–Crippen MR) is 106 cm³/mol. The molecular weight excluding hydrogens is 397 g/mol. The minimum Gasteiger partial charge on any atom is -0.379 e. The number of amides is 1. The number of morpholine rings is 1. The van der Waals surface area contributed by atoms with Crippen molar-refractivity contribution in [1.82, 2.24) is 19.8 Å². The van der Waals surface area contributed by atoms with Crippen LogP contribution in [-0.2, 0) is 22.3 Å². The maximum absolute atomic E-state index is 13.5. The molecule has 0 atom stereocenters. The lowest BCUT2D eigenvalue weighted by atomic mass is 9.79. The maximum Gasteiger partial charge on any atom is 0.449 e. The molecule has 0 bridgehead atoms. The van der Waals surface area contributed by atoms with Crippen LogP contribution >= 0.6 is 0 Å². The van der Waals surface area contributed by atoms with E-state index in [2.05, 4.69) is 15.2 Å². The molecule has 0 spiro atoms. The fraction of sp³-hybridized carbons (Fsp3) is 0.619. The summed E-state index contributed by atoms with van der Waals surface area (Å²) in [5.74, 6) is -1.47. The van der Waals surface area contributed by atoms with E-state index in [1.807, 2.05) is 0 Å². The lowest BCUT2D eigenvalue weighted by Gasteiger charge is -2.48. The third-order valence-corrected chi connectivity index (χ3v) is 6.29. The zero-order valence-electron chi connectivity index (χ0n) is 16.9. The number of nitrogens with one attached hydrogen (secondary N) is 1. The average molecular weight is 424 g/mol. The van der Waals surface area contributed by atoms with Crippen LogP contribution in [0.1, 0.15) is 37.9 Å². The number of carbonyl (C=O) groups is 1. The smallest absolute Gasteiger partial charge is 0.379 e. The van der Waals surface area contributed by atoms with Gasteiger partial charge in [-0.05, 0) is 25.0 Å². The van der Waals surface area contributed by atoms with Gasteiger partial charge in [0.2, 0.25) is 11.7 Å². The lowest BCUT2D eigenvalue weighted by Crippen LogP contribution is -2.59. The highest BCUT2D eigenvalue weighted by Crippen LogP contribution is 2.34. The molecule has 2 aromatic rings. The number of aromatic nitrogens is 2. The molecule has 6 nitrogen and oxygen atoms in total. The monoisotopic (exact) mass is 424 g/mol. The average Bonchev–Trinajstić information content (AvgIpc) is 3.13. The highest BCUT2D eigenvalue weighted by molar-refractivity contribution is 5.81. The number of benzene rings is 1. The van der Waals surface area contributed by atoms with E-state index < -0.39 is 24.5 Å². The summed E-state index contributed by atoms with van der Waals surface area (Å²) in [6, 6.07) is 6.36. The van der Waals surface area contributed by atoms with Crippen LogP contribution in [0.25, 0.3) is 11.0 Å². The van der Waals surface area contributed by atoms with Crippen molar-refractivity contribution in [3.8, 4) is 0 Å². The number of ether oxygens (including phenoxy) is 1. The quantitative estimate of drug-likeness (QED) is 0.801. The molecular formula is C21H27F3N4O2. The first kappa shape index (κ1) is 21.1. The van der Waals surface area contributed by atoms with Crippen LogP contribution in [0.4, 0.5) is 13.2 Å². The number of fused-ring (bicyclic) bond motifs is 1. The molecule has 0 radical (unpaired) electrons. The number of carbonyl (C=O) groups excluding carboxylic acids is 1. The van der Waals surface area contributed by atoms with Gasteiger partial charge in [-0.15, -0.1) is 0 Å². The third-order valence-electron chi connectivity index (χ3n) is 6.29. The Hall–Kier alpha value is -2.13. The Morgan fingerprint density at radius 1 is 1.13 bits per heavy atom. The number of alkyl halides is 3. The molecule has 4 rings (SSSR count). The molecule has 1 aromatic heterocycles. The second-order valence-corrected chi connectivity index (χ2v) is 8.17. The van der Waals surface area contributed by atoms with Crippen LogP contribution in [0, 0.1) is 0 Å². The van der Waals surface area contributed by atoms with E-state index in [0.29, 0.717) is 25.3 Å². The van der Waals surface area contributed by atoms with Gasteiger partial charge in [-0.2, -0.15) is 13.2 Å². The van der Waals surface area contributed by atoms with Crippen molar-refractivity contribution >= 4 is 16.9 Å². The Balaban J connectivity index is 1.50. The molecule has 1 saturated heterocycles. The molecule has 9 heteroatoms. The van der Waals surface area contributed by atoms with Crippen molar-refractivity contribution in [1.29, 1.82) is 0 Å². The first-order chi connectivity index (χ1) is 14.4. The first-order valence-corrected chi connectivity index (χ1v) is 10.5. The number of hydrogen-bond acceptors (Lipinski definition) is 4. The summed E-state index contributed by atoms with van der Waals surface area (Å²) < 4.78 is 46.9. The Morgan fingerprint density at radius 3 is 2.53 bits per heavy atom. The number of nitrogens with zero attached hydrogens (tertiary/aromatic N) is 3. The van der Waals surface area contributed by atoms with Crippen molar-refractivity contribution in [3.63, 3.8) is 0 Å². The molecule has 30 heavy (non-hydrogen) atoms. The third kappa shape index (κ3) is 4.32. The van der Waals surface area contributed by atoms with Gasteiger partial charge in [-0.25, -0.2) is 4.98 Å². The van der Waals surface area contributed by atoms with Gasteiger partial charge in [0.05, 0.1) is 24.2 Å². The van der Waals surface area contributed by atoms with Crippen LogP contribution in [-0.4, -0.2) is 58.7 Å². The van der Waals surface area contributed by atoms with Crippen LogP contribution in [0.2, 0.25) is 0 Å². The standard InChI is InChI=1S/C21H27F3N4O2/c22-21(23,24)19-26-16-6-2-3-7-17(16)28(19)14-18(29)25-15-20(8-4-1-5-9-20)27-10-12-30-13-11-27/h2-3,6-7H,1,4-5,8-15H2,(H,25,29). The van der Waals surface area contributed by atoms with Crippen LogP contribution in [0.5, 0.6) is 0 Å². The summed E-state index contributed by atoms with van der Waals surface area (Å²) in [5, 5.41) is 2.93. The van der Waals surface area contributed by atoms with Crippen molar-refractivity contribution in [2.24, 2.45) is 0 Å². The van der Waals surface area contributed by atoms with Gasteiger partial charge in [0, 0.05) is 25.2 Å². The predicted octanol–water partition coefficient (Wildman–Crippen LogP) is 3.21. The molecule has 2 aliphatic rings. The summed E-state index contributed by atoms with van der Waals surface area (Å²) in [7, 11) is 0. The first-order valence-electron chi connectivity index (χ1n) is 10.5. The van der Waals surface area contributed by atoms with E-state index in [-0.39, 0.29) is 11.1 Å². The van der Waals surface area contributed by atoms with Gasteiger partial charge in [-0.1, -0.05) is 31.4 Å². The van der Waals surface area contributed by atoms with Crippen LogP contribution in [0.15, 0.2) is 24.3 Å². The van der Waals surface area contributed by atoms with Crippen LogP contribution in [0.3, 0.4) is 0 Å². The summed E-state index contributed by atoms with van der Waals surface area (Å²) in [4.78, 5) is 18.8. The highest BCUT2D eigenvalue weighted by Gasteiger charge is 2.40. The number of hydrogen-bond donors (Lipinski definition) is 1. The second kappa shape index (κ2) is 8.55. The summed E-state index contributed by atoms with van der Waals surface area (Å²) >= 11 is 0. The maximum atomic E-state index is 13.5. The number of rotatable bonds is 5. The molecule has 2 fully saturated rings. The molecule has 1 aromatic carbocycles. The van der Waals surface area contributed by atoms with E-state index in [1.165, 1.54) is 12.5 Å². The minimum absolute atomic E-state index is 0.137. The molecule has 1 saturated carbocycles. The van der Waals surface area contributed by atoms with E-state index in [0.717, 1.165) is 43.3 Å². The van der Waals surface area contributed by atoms with Crippen molar-refractivity contribution < 1.29 is 22.7 Å². The molecule has 2 heterocycles. The van der Waals surface area contributed by atoms with Crippen molar-refractivity contribution in [2.45, 2.75) is 50.4 Å². The molecule has 1 amide bonds. The molecule has 1 N–H and O–H groups in total. The van der Waals surface area contributed by atoms with Crippen molar-refractivity contribution in [2.75, 3.05) is 32.8 Å². The fourth-order valence-corrected chi connectivity index (χ4v) is 4.77. The Labute approximate surface area is 173 Å². The van der Waals surface area contributed by atoms with E-state index in [9.17, 15) is 18.0 Å². The number of imidazole rings is 1. The summed E-state index contributed by atoms with van der Waals surface area (Å²) in [6.45, 7) is 3.02. The van der Waals surface area contributed by atoms with E-state index in [1.54, 1.807) is 18.2 Å². The molecule has 0 unspecified atom stereocenters. The number of para-hydroxylation sites is 2. The van der Waals surface area contributed by atoms with Crippen LogP contribution < -0.4 is 5.32 Å². The Bertz CT molecular complexity index is 884. The SMILES string of the molecule is O=C(Cn1c(C(F)(F)F)nc2ccccc21)NCC1(N2CCOCC2)CCCCC1. The number of halogens is 3. The van der Waals surface area contributed by atoms with Gasteiger partial charge < -0.3 is 14.6 Å². The van der Waals surface area contributed by atoms with E-state index >= 15 is 0 Å². The van der Waals surface area contributed by atoms with Gasteiger partial charge >= 0.3 is 6.18 Å². The molecule has 1 aliphatic heterocycles. The lowest BCUT2D eigenvalue weighted by molar-refractivity contribution is -0.147. The summed E-state index contributed by atoms with van der Waals surface area (Å²) in [6.07, 6.45) is 0.701. The largest absolute Gasteiger partial charge is 0.449 e. The Kier molecular flexibility index (Phi) is 6.02. The van der Waals surface area contributed by atoms with Gasteiger partial charge in [-0.3, -0.25) is 9.69 Å². The fourth-order valence-electron chi connectivity index (χ4n) is 4.77. The Morgan fingerprint density at radius 2 is 1.83 bits per heavy atom. The zero-order chi connectivity index (χ0) is 21.2. The molecule has 164 valence electrons. The zero-order valence-corrected chi connectivity index (χ0v) is 16.9.